The van der Waals surface area contributed by atoms with Crippen molar-refractivity contribution >= 4 is 18.1 Å². The molecular formula is C18H25NO5. The van der Waals surface area contributed by atoms with E-state index in [2.05, 4.69) is 5.32 Å². The summed E-state index contributed by atoms with van der Waals surface area (Å²) in [5.41, 5.74) is 2.06. The van der Waals surface area contributed by atoms with Gasteiger partial charge < -0.3 is 19.9 Å². The first-order valence-electron chi connectivity index (χ1n) is 7.68. The van der Waals surface area contributed by atoms with Gasteiger partial charge in [0.25, 0.3) is 0 Å². The predicted octanol–water partition coefficient (Wildman–Crippen LogP) is 3.17. The molecule has 1 rings (SSSR count). The van der Waals surface area contributed by atoms with E-state index in [4.69, 9.17) is 14.6 Å². The number of carbonyl (C=O) groups excluding carboxylic acids is 1. The van der Waals surface area contributed by atoms with Crippen molar-refractivity contribution in [3.63, 3.8) is 0 Å². The Morgan fingerprint density at radius 1 is 1.29 bits per heavy atom. The molecule has 0 bridgehead atoms. The van der Waals surface area contributed by atoms with Crippen LogP contribution in [0.25, 0.3) is 6.08 Å². The molecule has 0 aliphatic carbocycles. The van der Waals surface area contributed by atoms with Gasteiger partial charge in [0.2, 0.25) is 0 Å². The van der Waals surface area contributed by atoms with Crippen LogP contribution in [0.1, 0.15) is 37.5 Å². The molecule has 1 aromatic rings. The molecule has 0 radical (unpaired) electrons. The van der Waals surface area contributed by atoms with Crippen molar-refractivity contribution in [2.75, 3.05) is 13.7 Å². The van der Waals surface area contributed by atoms with Crippen LogP contribution in [0.5, 0.6) is 5.75 Å². The maximum atomic E-state index is 11.7. The van der Waals surface area contributed by atoms with Gasteiger partial charge in [-0.05, 0) is 62.9 Å². The monoisotopic (exact) mass is 335 g/mol. The summed E-state index contributed by atoms with van der Waals surface area (Å²) in [6.45, 7) is 7.67. The van der Waals surface area contributed by atoms with Crippen LogP contribution < -0.4 is 10.1 Å². The first-order chi connectivity index (χ1) is 11.1. The summed E-state index contributed by atoms with van der Waals surface area (Å²) in [6.07, 6.45) is 2.68. The molecule has 0 saturated heterocycles. The number of hydrogen-bond donors (Lipinski definition) is 2. The van der Waals surface area contributed by atoms with Gasteiger partial charge in [-0.25, -0.2) is 9.59 Å². The van der Waals surface area contributed by atoms with Gasteiger partial charge in [-0.2, -0.15) is 0 Å². The van der Waals surface area contributed by atoms with E-state index in [9.17, 15) is 9.59 Å². The highest BCUT2D eigenvalue weighted by atomic mass is 16.6. The van der Waals surface area contributed by atoms with Crippen molar-refractivity contribution in [1.82, 2.24) is 5.32 Å². The van der Waals surface area contributed by atoms with Crippen LogP contribution in [0.2, 0.25) is 0 Å². The highest BCUT2D eigenvalue weighted by molar-refractivity contribution is 5.85. The summed E-state index contributed by atoms with van der Waals surface area (Å²) < 4.78 is 10.5. The zero-order chi connectivity index (χ0) is 18.3. The Labute approximate surface area is 142 Å². The van der Waals surface area contributed by atoms with Gasteiger partial charge >= 0.3 is 12.1 Å². The number of benzene rings is 1. The molecule has 0 unspecified atom stereocenters. The first-order valence-corrected chi connectivity index (χ1v) is 7.68. The molecule has 0 fully saturated rings. The number of hydrogen-bond acceptors (Lipinski definition) is 4. The molecule has 132 valence electrons. The molecule has 6 nitrogen and oxygen atoms in total. The van der Waals surface area contributed by atoms with Gasteiger partial charge in [-0.3, -0.25) is 0 Å². The predicted molar refractivity (Wildman–Crippen MR) is 92.3 cm³/mol. The highest BCUT2D eigenvalue weighted by Gasteiger charge is 2.16. The fourth-order valence-electron chi connectivity index (χ4n) is 2.23. The molecule has 2 N–H and O–H groups in total. The quantitative estimate of drug-likeness (QED) is 0.780. The molecule has 6 heteroatoms. The molecule has 1 amide bonds. The second-order valence-corrected chi connectivity index (χ2v) is 6.31. The third-order valence-electron chi connectivity index (χ3n) is 3.25. The van der Waals surface area contributed by atoms with E-state index in [-0.39, 0.29) is 0 Å². The summed E-state index contributed by atoms with van der Waals surface area (Å²) in [7, 11) is 1.58. The highest BCUT2D eigenvalue weighted by Crippen LogP contribution is 2.26. The zero-order valence-electron chi connectivity index (χ0n) is 14.8. The number of amides is 1. The van der Waals surface area contributed by atoms with E-state index in [0.717, 1.165) is 28.5 Å². The Hall–Kier alpha value is -2.50. The second kappa shape index (κ2) is 8.38. The minimum Gasteiger partial charge on any atom is -0.496 e. The van der Waals surface area contributed by atoms with Gasteiger partial charge in [0.15, 0.2) is 0 Å². The molecule has 0 heterocycles. The smallest absolute Gasteiger partial charge is 0.407 e. The number of ether oxygens (including phenoxy) is 2. The number of nitrogens with one attached hydrogen (secondary N) is 1. The molecule has 0 atom stereocenters. The lowest BCUT2D eigenvalue weighted by atomic mass is 9.97. The van der Waals surface area contributed by atoms with Crippen LogP contribution in [0.4, 0.5) is 4.79 Å². The SMILES string of the molecule is COc1ccc(C=CC(=O)O)c(CCNC(=O)OC(C)(C)C)c1C. The van der Waals surface area contributed by atoms with E-state index < -0.39 is 17.7 Å². The van der Waals surface area contributed by atoms with Gasteiger partial charge in [0.05, 0.1) is 7.11 Å². The summed E-state index contributed by atoms with van der Waals surface area (Å²) in [5, 5.41) is 11.5. The van der Waals surface area contributed by atoms with Gasteiger partial charge in [0.1, 0.15) is 11.4 Å². The van der Waals surface area contributed by atoms with Gasteiger partial charge in [-0.15, -0.1) is 0 Å². The van der Waals surface area contributed by atoms with E-state index in [1.54, 1.807) is 40.0 Å². The molecular weight excluding hydrogens is 310 g/mol. The third kappa shape index (κ3) is 6.32. The third-order valence-corrected chi connectivity index (χ3v) is 3.25. The summed E-state index contributed by atoms with van der Waals surface area (Å²) in [4.78, 5) is 22.5. The standard InChI is InChI=1S/C18H25NO5/c1-12-14(10-11-19-17(22)24-18(2,3)4)13(7-9-16(20)21)6-8-15(12)23-5/h6-9H,10-11H2,1-5H3,(H,19,22)(H,20,21). The Balaban J connectivity index is 2.88. The average molecular weight is 335 g/mol. The van der Waals surface area contributed by atoms with E-state index in [1.807, 2.05) is 6.92 Å². The van der Waals surface area contributed by atoms with Gasteiger partial charge in [-0.1, -0.05) is 6.07 Å². The average Bonchev–Trinajstić information content (AvgIpc) is 2.45. The van der Waals surface area contributed by atoms with Crippen LogP contribution in [-0.4, -0.2) is 36.4 Å². The van der Waals surface area contributed by atoms with Crippen molar-refractivity contribution in [2.24, 2.45) is 0 Å². The minimum absolute atomic E-state index is 0.372. The fourth-order valence-corrected chi connectivity index (χ4v) is 2.23. The largest absolute Gasteiger partial charge is 0.496 e. The van der Waals surface area contributed by atoms with Crippen molar-refractivity contribution in [3.8, 4) is 5.75 Å². The zero-order valence-corrected chi connectivity index (χ0v) is 14.8. The number of aliphatic carboxylic acids is 1. The van der Waals surface area contributed by atoms with Crippen molar-refractivity contribution in [1.29, 1.82) is 0 Å². The number of carboxylic acids is 1. The van der Waals surface area contributed by atoms with Crippen LogP contribution >= 0.6 is 0 Å². The topological polar surface area (TPSA) is 84.9 Å². The first kappa shape index (κ1) is 19.5. The number of methoxy groups -OCH3 is 1. The van der Waals surface area contributed by atoms with Crippen LogP contribution in [0.15, 0.2) is 18.2 Å². The summed E-state index contributed by atoms with van der Waals surface area (Å²) in [6, 6.07) is 3.59. The van der Waals surface area contributed by atoms with Crippen LogP contribution in [0, 0.1) is 6.92 Å². The van der Waals surface area contributed by atoms with Crippen LogP contribution in [0.3, 0.4) is 0 Å². The molecule has 0 saturated carbocycles. The Morgan fingerprint density at radius 3 is 2.50 bits per heavy atom. The molecule has 0 spiro atoms. The van der Waals surface area contributed by atoms with E-state index >= 15 is 0 Å². The second-order valence-electron chi connectivity index (χ2n) is 6.31. The Morgan fingerprint density at radius 2 is 1.96 bits per heavy atom. The summed E-state index contributed by atoms with van der Waals surface area (Å²) in [5.74, 6) is -0.295. The number of carboxylic acid groups (broad SMARTS) is 1. The van der Waals surface area contributed by atoms with E-state index in [0.29, 0.717) is 13.0 Å². The molecule has 0 aliphatic rings. The van der Waals surface area contributed by atoms with Crippen LogP contribution in [-0.2, 0) is 16.0 Å². The lowest BCUT2D eigenvalue weighted by Gasteiger charge is -2.20. The maximum Gasteiger partial charge on any atom is 0.407 e. The normalized spacial score (nSPS) is 11.4. The van der Waals surface area contributed by atoms with Gasteiger partial charge in [0, 0.05) is 12.6 Å². The Bertz CT molecular complexity index is 629. The number of rotatable bonds is 6. The fraction of sp³-hybridized carbons (Fsp3) is 0.444. The van der Waals surface area contributed by atoms with Crippen molar-refractivity contribution in [2.45, 2.75) is 39.7 Å². The lowest BCUT2D eigenvalue weighted by molar-refractivity contribution is -0.131. The minimum atomic E-state index is -1.01. The Kier molecular flexibility index (Phi) is 6.82. The van der Waals surface area contributed by atoms with E-state index in [1.165, 1.54) is 6.08 Å². The van der Waals surface area contributed by atoms with Crippen molar-refractivity contribution in [3.05, 3.63) is 34.9 Å². The molecule has 0 aromatic heterocycles. The number of alkyl carbamates (subject to hydrolysis) is 1. The van der Waals surface area contributed by atoms with Crippen molar-refractivity contribution < 1.29 is 24.2 Å². The molecule has 1 aromatic carbocycles. The molecule has 0 aliphatic heterocycles. The maximum absolute atomic E-state index is 11.7. The number of carbonyl (C=O) groups is 2. The molecule has 24 heavy (non-hydrogen) atoms. The summed E-state index contributed by atoms with van der Waals surface area (Å²) >= 11 is 0. The lowest BCUT2D eigenvalue weighted by Crippen LogP contribution is -2.33.